The lowest BCUT2D eigenvalue weighted by atomic mass is 9.94. The Morgan fingerprint density at radius 2 is 1.75 bits per heavy atom. The van der Waals surface area contributed by atoms with E-state index in [2.05, 4.69) is 23.7 Å². The molecule has 0 saturated carbocycles. The molecule has 0 radical (unpaired) electrons. The standard InChI is InChI=1S/C27H35N3O6/c1-7-29(8-2)14-9-15-30-23(18-10-12-19(35-5)13-11-18)21(25(32)26(30)33)24(31)20-16(3)22(27(34)36-6)28-17(20)4/h10-13,23,28,31H,7-9,14-15H2,1-6H3/t23-/m0/s1. The van der Waals surface area contributed by atoms with Crippen LogP contribution in [0.3, 0.4) is 0 Å². The Balaban J connectivity index is 2.12. The Morgan fingerprint density at radius 1 is 1.11 bits per heavy atom. The number of Topliss-reactive ketones (excluding diaryl/α,β-unsaturated/α-hetero) is 1. The van der Waals surface area contributed by atoms with E-state index in [0.29, 0.717) is 41.1 Å². The fourth-order valence-corrected chi connectivity index (χ4v) is 4.79. The van der Waals surface area contributed by atoms with Gasteiger partial charge in [-0.1, -0.05) is 26.0 Å². The third-order valence-corrected chi connectivity index (χ3v) is 6.80. The molecular formula is C27H35N3O6. The number of aryl methyl sites for hydroxylation is 1. The zero-order valence-corrected chi connectivity index (χ0v) is 21.8. The van der Waals surface area contributed by atoms with E-state index >= 15 is 0 Å². The number of ketones is 1. The lowest BCUT2D eigenvalue weighted by Gasteiger charge is -2.27. The van der Waals surface area contributed by atoms with E-state index in [1.54, 1.807) is 45.2 Å². The van der Waals surface area contributed by atoms with Crippen molar-refractivity contribution in [1.82, 2.24) is 14.8 Å². The van der Waals surface area contributed by atoms with Crippen molar-refractivity contribution in [2.75, 3.05) is 40.4 Å². The van der Waals surface area contributed by atoms with E-state index < -0.39 is 23.7 Å². The predicted molar refractivity (Wildman–Crippen MR) is 136 cm³/mol. The molecule has 0 bridgehead atoms. The van der Waals surface area contributed by atoms with Crippen LogP contribution in [0.2, 0.25) is 0 Å². The minimum Gasteiger partial charge on any atom is -0.507 e. The molecule has 2 N–H and O–H groups in total. The summed E-state index contributed by atoms with van der Waals surface area (Å²) < 4.78 is 10.1. The number of nitrogens with zero attached hydrogens (tertiary/aromatic N) is 2. The monoisotopic (exact) mass is 497 g/mol. The fraction of sp³-hybridized carbons (Fsp3) is 0.444. The van der Waals surface area contributed by atoms with Gasteiger partial charge in [0.05, 0.1) is 25.8 Å². The summed E-state index contributed by atoms with van der Waals surface area (Å²) in [5, 5.41) is 11.5. The van der Waals surface area contributed by atoms with Crippen LogP contribution in [0, 0.1) is 13.8 Å². The van der Waals surface area contributed by atoms with Crippen LogP contribution < -0.4 is 4.74 Å². The zero-order valence-electron chi connectivity index (χ0n) is 21.8. The first-order chi connectivity index (χ1) is 17.2. The van der Waals surface area contributed by atoms with Gasteiger partial charge in [-0.3, -0.25) is 9.59 Å². The molecule has 1 saturated heterocycles. The molecule has 0 unspecified atom stereocenters. The number of amides is 1. The fourth-order valence-electron chi connectivity index (χ4n) is 4.79. The Morgan fingerprint density at radius 3 is 2.31 bits per heavy atom. The van der Waals surface area contributed by atoms with Crippen LogP contribution in [-0.2, 0) is 14.3 Å². The maximum atomic E-state index is 13.3. The van der Waals surface area contributed by atoms with Crippen molar-refractivity contribution in [3.05, 3.63) is 57.9 Å². The van der Waals surface area contributed by atoms with Crippen molar-refractivity contribution in [3.8, 4) is 5.75 Å². The van der Waals surface area contributed by atoms with E-state index in [4.69, 9.17) is 9.47 Å². The number of carbonyl (C=O) groups excluding carboxylic acids is 3. The summed E-state index contributed by atoms with van der Waals surface area (Å²) >= 11 is 0. The molecule has 0 spiro atoms. The summed E-state index contributed by atoms with van der Waals surface area (Å²) in [6, 6.07) is 6.32. The van der Waals surface area contributed by atoms with Crippen LogP contribution in [0.15, 0.2) is 29.8 Å². The first kappa shape index (κ1) is 27.0. The second kappa shape index (κ2) is 11.4. The normalized spacial score (nSPS) is 17.2. The van der Waals surface area contributed by atoms with Gasteiger partial charge in [0.1, 0.15) is 17.2 Å². The van der Waals surface area contributed by atoms with E-state index in [1.807, 2.05) is 0 Å². The molecule has 2 heterocycles. The number of nitrogens with one attached hydrogen (secondary N) is 1. The molecule has 3 rings (SSSR count). The number of carbonyl (C=O) groups is 3. The summed E-state index contributed by atoms with van der Waals surface area (Å²) in [5.74, 6) is -1.68. The Kier molecular flexibility index (Phi) is 8.57. The molecular weight excluding hydrogens is 462 g/mol. The zero-order chi connectivity index (χ0) is 26.6. The van der Waals surface area contributed by atoms with Crippen molar-refractivity contribution in [3.63, 3.8) is 0 Å². The van der Waals surface area contributed by atoms with Gasteiger partial charge in [0.2, 0.25) is 0 Å². The van der Waals surface area contributed by atoms with E-state index in [-0.39, 0.29) is 17.0 Å². The minimum absolute atomic E-state index is 0.00498. The van der Waals surface area contributed by atoms with Crippen molar-refractivity contribution >= 4 is 23.4 Å². The van der Waals surface area contributed by atoms with Gasteiger partial charge >= 0.3 is 5.97 Å². The van der Waals surface area contributed by atoms with Gasteiger partial charge in [-0.25, -0.2) is 4.79 Å². The van der Waals surface area contributed by atoms with Gasteiger partial charge in [0, 0.05) is 17.8 Å². The van der Waals surface area contributed by atoms with Crippen molar-refractivity contribution in [1.29, 1.82) is 0 Å². The van der Waals surface area contributed by atoms with Crippen LogP contribution in [0.1, 0.15) is 59.2 Å². The van der Waals surface area contributed by atoms with E-state index in [1.165, 1.54) is 12.0 Å². The van der Waals surface area contributed by atoms with E-state index in [0.717, 1.165) is 19.6 Å². The van der Waals surface area contributed by atoms with Gasteiger partial charge < -0.3 is 29.4 Å². The molecule has 9 heteroatoms. The van der Waals surface area contributed by atoms with Crippen LogP contribution in [-0.4, -0.2) is 77.9 Å². The molecule has 36 heavy (non-hydrogen) atoms. The number of aliphatic hydroxyl groups excluding tert-OH is 1. The van der Waals surface area contributed by atoms with Gasteiger partial charge in [-0.2, -0.15) is 0 Å². The number of likely N-dealkylation sites (tertiary alicyclic amines) is 1. The minimum atomic E-state index is -0.775. The Bertz CT molecular complexity index is 1160. The highest BCUT2D eigenvalue weighted by molar-refractivity contribution is 6.46. The number of hydrogen-bond donors (Lipinski definition) is 2. The lowest BCUT2D eigenvalue weighted by molar-refractivity contribution is -0.140. The van der Waals surface area contributed by atoms with Crippen molar-refractivity contribution in [2.24, 2.45) is 0 Å². The maximum absolute atomic E-state index is 13.3. The van der Waals surface area contributed by atoms with Crippen LogP contribution in [0.5, 0.6) is 5.75 Å². The second-order valence-corrected chi connectivity index (χ2v) is 8.76. The van der Waals surface area contributed by atoms with Gasteiger partial charge in [-0.05, 0) is 63.2 Å². The SMILES string of the molecule is CCN(CC)CCCN1C(=O)C(=O)C(=C(O)c2c(C)[nH]c(C(=O)OC)c2C)[C@@H]1c1ccc(OC)cc1. The summed E-state index contributed by atoms with van der Waals surface area (Å²) in [6.45, 7) is 10.4. The topological polar surface area (TPSA) is 112 Å². The van der Waals surface area contributed by atoms with Gasteiger partial charge in [0.25, 0.3) is 11.7 Å². The highest BCUT2D eigenvalue weighted by Crippen LogP contribution is 2.41. The largest absolute Gasteiger partial charge is 0.507 e. The number of rotatable bonds is 10. The van der Waals surface area contributed by atoms with E-state index in [9.17, 15) is 19.5 Å². The predicted octanol–water partition coefficient (Wildman–Crippen LogP) is 3.58. The van der Waals surface area contributed by atoms with Crippen LogP contribution >= 0.6 is 0 Å². The average molecular weight is 498 g/mol. The third-order valence-electron chi connectivity index (χ3n) is 6.80. The number of ether oxygens (including phenoxy) is 2. The highest BCUT2D eigenvalue weighted by atomic mass is 16.5. The quantitative estimate of drug-likeness (QED) is 0.223. The van der Waals surface area contributed by atoms with Gasteiger partial charge in [0.15, 0.2) is 0 Å². The summed E-state index contributed by atoms with van der Waals surface area (Å²) in [4.78, 5) is 45.4. The third kappa shape index (κ3) is 5.02. The number of benzene rings is 1. The smallest absolute Gasteiger partial charge is 0.354 e. The number of aromatic nitrogens is 1. The summed E-state index contributed by atoms with van der Waals surface area (Å²) in [5.41, 5.74) is 2.11. The molecule has 1 aromatic carbocycles. The highest BCUT2D eigenvalue weighted by Gasteiger charge is 2.46. The lowest BCUT2D eigenvalue weighted by Crippen LogP contribution is -2.33. The second-order valence-electron chi connectivity index (χ2n) is 8.76. The van der Waals surface area contributed by atoms with Crippen molar-refractivity contribution in [2.45, 2.75) is 40.2 Å². The number of aromatic amines is 1. The summed E-state index contributed by atoms with van der Waals surface area (Å²) in [6.07, 6.45) is 0.677. The van der Waals surface area contributed by atoms with Crippen molar-refractivity contribution < 1.29 is 29.0 Å². The number of esters is 1. The number of aliphatic hydroxyl groups is 1. The van der Waals surface area contributed by atoms with Crippen LogP contribution in [0.4, 0.5) is 0 Å². The Labute approximate surface area is 211 Å². The molecule has 1 aliphatic heterocycles. The molecule has 1 aliphatic rings. The Hall–Kier alpha value is -3.59. The van der Waals surface area contributed by atoms with Gasteiger partial charge in [-0.15, -0.1) is 0 Å². The molecule has 1 fully saturated rings. The molecule has 9 nitrogen and oxygen atoms in total. The maximum Gasteiger partial charge on any atom is 0.354 e. The molecule has 1 atom stereocenters. The number of hydrogen-bond acceptors (Lipinski definition) is 7. The van der Waals surface area contributed by atoms with Crippen LogP contribution in [0.25, 0.3) is 5.76 Å². The molecule has 194 valence electrons. The average Bonchev–Trinajstić information content (AvgIpc) is 3.32. The first-order valence-electron chi connectivity index (χ1n) is 12.1. The first-order valence-corrected chi connectivity index (χ1v) is 12.1. The molecule has 2 aromatic rings. The number of H-pyrrole nitrogens is 1. The molecule has 1 aromatic heterocycles. The summed E-state index contributed by atoms with van der Waals surface area (Å²) in [7, 11) is 2.83. The molecule has 0 aliphatic carbocycles. The number of methoxy groups -OCH3 is 2. The molecule has 1 amide bonds.